The highest BCUT2D eigenvalue weighted by molar-refractivity contribution is 7.15. The van der Waals surface area contributed by atoms with Crippen LogP contribution in [0.25, 0.3) is 0 Å². The lowest BCUT2D eigenvalue weighted by molar-refractivity contribution is 0.0967. The molecule has 19 heavy (non-hydrogen) atoms. The first-order chi connectivity index (χ1) is 9.04. The van der Waals surface area contributed by atoms with Crippen LogP contribution in [0.2, 0.25) is 5.02 Å². The van der Waals surface area contributed by atoms with Crippen LogP contribution in [0.15, 0.2) is 24.3 Å². The monoisotopic (exact) mass is 296 g/mol. The van der Waals surface area contributed by atoms with E-state index in [0.29, 0.717) is 15.7 Å². The predicted octanol–water partition coefficient (Wildman–Crippen LogP) is 2.46. The lowest BCUT2D eigenvalue weighted by Crippen LogP contribution is -2.34. The van der Waals surface area contributed by atoms with Crippen LogP contribution >= 0.6 is 22.9 Å². The number of hydrogen-bond donors (Lipinski definition) is 2. The highest BCUT2D eigenvalue weighted by atomic mass is 35.5. The highest BCUT2D eigenvalue weighted by Gasteiger charge is 2.11. The summed E-state index contributed by atoms with van der Waals surface area (Å²) in [7, 11) is 0. The largest absolute Gasteiger partial charge is 0.328 e. The smallest absolute Gasteiger partial charge is 0.282 e. The van der Waals surface area contributed by atoms with Crippen molar-refractivity contribution >= 4 is 40.0 Å². The van der Waals surface area contributed by atoms with Crippen molar-refractivity contribution in [3.05, 3.63) is 39.9 Å². The Morgan fingerprint density at radius 2 is 1.89 bits per heavy atom. The van der Waals surface area contributed by atoms with Gasteiger partial charge in [-0.3, -0.25) is 15.4 Å². The van der Waals surface area contributed by atoms with Gasteiger partial charge >= 0.3 is 6.03 Å². The van der Waals surface area contributed by atoms with E-state index in [9.17, 15) is 9.59 Å². The van der Waals surface area contributed by atoms with Gasteiger partial charge in [0.05, 0.1) is 0 Å². The zero-order valence-corrected chi connectivity index (χ0v) is 11.4. The molecule has 98 valence electrons. The first-order valence-corrected chi connectivity index (χ1v) is 6.42. The number of anilines is 1. The third-order valence-corrected chi connectivity index (χ3v) is 3.09. The van der Waals surface area contributed by atoms with Crippen LogP contribution in [-0.2, 0) is 0 Å². The zero-order valence-electron chi connectivity index (χ0n) is 9.81. The molecule has 0 saturated heterocycles. The van der Waals surface area contributed by atoms with E-state index in [4.69, 9.17) is 11.6 Å². The number of imide groups is 1. The Hall–Kier alpha value is -1.99. The van der Waals surface area contributed by atoms with Gasteiger partial charge in [0, 0.05) is 10.6 Å². The normalized spacial score (nSPS) is 10.0. The predicted molar refractivity (Wildman–Crippen MR) is 72.6 cm³/mol. The average molecular weight is 297 g/mol. The molecule has 1 aromatic heterocycles. The SMILES string of the molecule is Cc1nnc(NC(=O)NC(=O)c2ccc(Cl)cc2)s1. The van der Waals surface area contributed by atoms with Crippen LogP contribution in [0.3, 0.4) is 0 Å². The number of amides is 3. The summed E-state index contributed by atoms with van der Waals surface area (Å²) >= 11 is 6.92. The fraction of sp³-hybridized carbons (Fsp3) is 0.0909. The molecule has 0 radical (unpaired) electrons. The number of carbonyl (C=O) groups is 2. The molecule has 0 aliphatic carbocycles. The lowest BCUT2D eigenvalue weighted by Gasteiger charge is -2.03. The van der Waals surface area contributed by atoms with Gasteiger partial charge in [0.15, 0.2) is 0 Å². The van der Waals surface area contributed by atoms with Gasteiger partial charge in [-0.25, -0.2) is 4.79 Å². The Bertz CT molecular complexity index is 611. The summed E-state index contributed by atoms with van der Waals surface area (Å²) in [6, 6.07) is 5.54. The summed E-state index contributed by atoms with van der Waals surface area (Å²) in [5, 5.41) is 13.6. The molecular weight excluding hydrogens is 288 g/mol. The molecule has 2 aromatic rings. The van der Waals surface area contributed by atoms with E-state index in [1.807, 2.05) is 0 Å². The minimum absolute atomic E-state index is 0.332. The molecule has 6 nitrogen and oxygen atoms in total. The molecule has 0 bridgehead atoms. The number of nitrogens with one attached hydrogen (secondary N) is 2. The highest BCUT2D eigenvalue weighted by Crippen LogP contribution is 2.13. The molecule has 0 spiro atoms. The molecule has 8 heteroatoms. The van der Waals surface area contributed by atoms with Gasteiger partial charge < -0.3 is 0 Å². The standard InChI is InChI=1S/C11H9ClN4O2S/c1-6-15-16-11(19-6)14-10(18)13-9(17)7-2-4-8(12)5-3-7/h2-5H,1H3,(H2,13,14,16,17,18). The summed E-state index contributed by atoms with van der Waals surface area (Å²) in [5.74, 6) is -0.518. The molecule has 3 amide bonds. The Morgan fingerprint density at radius 1 is 1.21 bits per heavy atom. The number of hydrogen-bond acceptors (Lipinski definition) is 5. The van der Waals surface area contributed by atoms with Gasteiger partial charge in [0.25, 0.3) is 5.91 Å². The fourth-order valence-corrected chi connectivity index (χ4v) is 1.96. The van der Waals surface area contributed by atoms with Crippen molar-refractivity contribution in [1.82, 2.24) is 15.5 Å². The van der Waals surface area contributed by atoms with Crippen molar-refractivity contribution in [3.8, 4) is 0 Å². The summed E-state index contributed by atoms with van der Waals surface area (Å²) in [5.41, 5.74) is 0.341. The van der Waals surface area contributed by atoms with E-state index < -0.39 is 11.9 Å². The van der Waals surface area contributed by atoms with Crippen LogP contribution < -0.4 is 10.6 Å². The van der Waals surface area contributed by atoms with Gasteiger partial charge in [0.1, 0.15) is 5.01 Å². The Kier molecular flexibility index (Phi) is 4.08. The van der Waals surface area contributed by atoms with Gasteiger partial charge in [-0.05, 0) is 31.2 Å². The maximum atomic E-state index is 11.7. The van der Waals surface area contributed by atoms with Crippen molar-refractivity contribution in [2.75, 3.05) is 5.32 Å². The summed E-state index contributed by atoms with van der Waals surface area (Å²) < 4.78 is 0. The van der Waals surface area contributed by atoms with Crippen LogP contribution in [0.5, 0.6) is 0 Å². The number of urea groups is 1. The number of halogens is 1. The lowest BCUT2D eigenvalue weighted by atomic mass is 10.2. The van der Waals surface area contributed by atoms with Crippen molar-refractivity contribution in [1.29, 1.82) is 0 Å². The number of aryl methyl sites for hydroxylation is 1. The van der Waals surface area contributed by atoms with E-state index in [0.717, 1.165) is 5.01 Å². The molecule has 0 unspecified atom stereocenters. The van der Waals surface area contributed by atoms with Crippen LogP contribution in [-0.4, -0.2) is 22.1 Å². The number of nitrogens with zero attached hydrogens (tertiary/aromatic N) is 2. The molecule has 0 aliphatic heterocycles. The molecule has 1 heterocycles. The molecule has 0 aliphatic rings. The van der Waals surface area contributed by atoms with Gasteiger partial charge in [-0.1, -0.05) is 22.9 Å². The van der Waals surface area contributed by atoms with E-state index in [2.05, 4.69) is 20.8 Å². The summed E-state index contributed by atoms with van der Waals surface area (Å²) in [6.07, 6.45) is 0. The second-order valence-corrected chi connectivity index (χ2v) is 5.16. The number of aromatic nitrogens is 2. The van der Waals surface area contributed by atoms with Crippen molar-refractivity contribution < 1.29 is 9.59 Å². The molecule has 0 saturated carbocycles. The van der Waals surface area contributed by atoms with E-state index in [-0.39, 0.29) is 0 Å². The number of benzene rings is 1. The van der Waals surface area contributed by atoms with Crippen LogP contribution in [0.1, 0.15) is 15.4 Å². The maximum Gasteiger partial charge on any atom is 0.328 e. The third kappa shape index (κ3) is 3.73. The number of rotatable bonds is 2. The van der Waals surface area contributed by atoms with Crippen molar-refractivity contribution in [2.45, 2.75) is 6.92 Å². The summed E-state index contributed by atoms with van der Waals surface area (Å²) in [4.78, 5) is 23.3. The second-order valence-electron chi connectivity index (χ2n) is 3.54. The first-order valence-electron chi connectivity index (χ1n) is 5.22. The third-order valence-electron chi connectivity index (χ3n) is 2.08. The van der Waals surface area contributed by atoms with Crippen molar-refractivity contribution in [3.63, 3.8) is 0 Å². The number of carbonyl (C=O) groups excluding carboxylic acids is 2. The van der Waals surface area contributed by atoms with Gasteiger partial charge in [0.2, 0.25) is 5.13 Å². The first kappa shape index (κ1) is 13.4. The molecule has 1 aromatic carbocycles. The molecule has 0 fully saturated rings. The van der Waals surface area contributed by atoms with Crippen molar-refractivity contribution in [2.24, 2.45) is 0 Å². The molecule has 2 rings (SSSR count). The minimum Gasteiger partial charge on any atom is -0.282 e. The van der Waals surface area contributed by atoms with Crippen LogP contribution in [0.4, 0.5) is 9.93 Å². The molecular formula is C11H9ClN4O2S. The van der Waals surface area contributed by atoms with Crippen LogP contribution in [0, 0.1) is 6.92 Å². The topological polar surface area (TPSA) is 84.0 Å². The van der Waals surface area contributed by atoms with Gasteiger partial charge in [-0.15, -0.1) is 10.2 Å². The van der Waals surface area contributed by atoms with E-state index in [1.54, 1.807) is 19.1 Å². The quantitative estimate of drug-likeness (QED) is 0.891. The zero-order chi connectivity index (χ0) is 13.8. The second kappa shape index (κ2) is 5.77. The Balaban J connectivity index is 1.95. The Morgan fingerprint density at radius 3 is 2.47 bits per heavy atom. The fourth-order valence-electron chi connectivity index (χ4n) is 1.25. The molecule has 2 N–H and O–H groups in total. The molecule has 0 atom stereocenters. The van der Waals surface area contributed by atoms with Gasteiger partial charge in [-0.2, -0.15) is 0 Å². The Labute approximate surface area is 117 Å². The summed E-state index contributed by atoms with van der Waals surface area (Å²) in [6.45, 7) is 1.76. The average Bonchev–Trinajstić information content (AvgIpc) is 2.75. The minimum atomic E-state index is -0.656. The van der Waals surface area contributed by atoms with E-state index >= 15 is 0 Å². The maximum absolute atomic E-state index is 11.7. The van der Waals surface area contributed by atoms with E-state index in [1.165, 1.54) is 23.5 Å².